The van der Waals surface area contributed by atoms with Crippen LogP contribution < -0.4 is 16.5 Å². The fourth-order valence-corrected chi connectivity index (χ4v) is 1.90. The zero-order valence-corrected chi connectivity index (χ0v) is 11.8. The van der Waals surface area contributed by atoms with Crippen molar-refractivity contribution >= 4 is 11.5 Å². The lowest BCUT2D eigenvalue weighted by molar-refractivity contribution is 0.433. The molecular weight excluding hydrogens is 226 g/mol. The molecule has 0 aromatic heterocycles. The van der Waals surface area contributed by atoms with Crippen molar-refractivity contribution < 1.29 is 0 Å². The first-order valence-corrected chi connectivity index (χ1v) is 6.49. The van der Waals surface area contributed by atoms with E-state index in [1.54, 1.807) is 7.05 Å². The molecule has 5 heteroatoms. The minimum atomic E-state index is 0.116. The first-order chi connectivity index (χ1) is 8.54. The van der Waals surface area contributed by atoms with Crippen molar-refractivity contribution in [2.24, 2.45) is 21.7 Å². The zero-order chi connectivity index (χ0) is 13.5. The highest BCUT2D eigenvalue weighted by Crippen LogP contribution is 2.14. The fourth-order valence-electron chi connectivity index (χ4n) is 1.90. The lowest BCUT2D eigenvalue weighted by atomic mass is 9.97. The van der Waals surface area contributed by atoms with E-state index in [4.69, 9.17) is 5.73 Å². The van der Waals surface area contributed by atoms with E-state index >= 15 is 0 Å². The summed E-state index contributed by atoms with van der Waals surface area (Å²) < 4.78 is 0. The van der Waals surface area contributed by atoms with Gasteiger partial charge in [0.05, 0.1) is 5.71 Å². The topological polar surface area (TPSA) is 74.8 Å². The Balaban J connectivity index is 2.66. The van der Waals surface area contributed by atoms with Crippen molar-refractivity contribution in [2.45, 2.75) is 39.3 Å². The van der Waals surface area contributed by atoms with Crippen molar-refractivity contribution in [2.75, 3.05) is 13.6 Å². The van der Waals surface area contributed by atoms with Crippen LogP contribution in [0.15, 0.2) is 22.2 Å². The largest absolute Gasteiger partial charge is 0.364 e. The van der Waals surface area contributed by atoms with Gasteiger partial charge in [-0.3, -0.25) is 4.99 Å². The van der Waals surface area contributed by atoms with Gasteiger partial charge in [0, 0.05) is 31.6 Å². The van der Waals surface area contributed by atoms with Crippen LogP contribution in [-0.2, 0) is 0 Å². The molecule has 0 unspecified atom stereocenters. The summed E-state index contributed by atoms with van der Waals surface area (Å²) in [6.45, 7) is 6.96. The molecule has 0 saturated heterocycles. The summed E-state index contributed by atoms with van der Waals surface area (Å²) in [7, 11) is 1.79. The highest BCUT2D eigenvalue weighted by Gasteiger charge is 2.21. The number of aliphatic imine (C=N–C) groups is 1. The molecule has 1 aliphatic rings. The average Bonchev–Trinajstić information content (AvgIpc) is 2.42. The molecule has 0 bridgehead atoms. The van der Waals surface area contributed by atoms with Crippen LogP contribution in [0, 0.1) is 5.92 Å². The minimum Gasteiger partial charge on any atom is -0.364 e. The Morgan fingerprint density at radius 1 is 1.67 bits per heavy atom. The number of nitrogens with two attached hydrogens (primary N) is 1. The molecule has 102 valence electrons. The Morgan fingerprint density at radius 3 is 3.00 bits per heavy atom. The van der Waals surface area contributed by atoms with Crippen LogP contribution in [0.5, 0.6) is 0 Å². The summed E-state index contributed by atoms with van der Waals surface area (Å²) in [5, 5.41) is 7.61. The van der Waals surface area contributed by atoms with Crippen LogP contribution in [-0.4, -0.2) is 37.2 Å². The Morgan fingerprint density at radius 2 is 2.39 bits per heavy atom. The predicted octanol–water partition coefficient (Wildman–Crippen LogP) is 0.882. The SMILES string of the molecule is CNN=C1N[C@@H](C)[C@H](C/C=C\[C@@H](C)N)CN=C1C. The summed E-state index contributed by atoms with van der Waals surface area (Å²) in [4.78, 5) is 4.57. The number of amidine groups is 1. The van der Waals surface area contributed by atoms with Gasteiger partial charge in [-0.2, -0.15) is 5.10 Å². The third-order valence-electron chi connectivity index (χ3n) is 3.08. The van der Waals surface area contributed by atoms with Gasteiger partial charge in [0.2, 0.25) is 0 Å². The maximum absolute atomic E-state index is 5.70. The Bertz CT molecular complexity index is 343. The molecule has 18 heavy (non-hydrogen) atoms. The van der Waals surface area contributed by atoms with Gasteiger partial charge in [-0.1, -0.05) is 12.2 Å². The zero-order valence-electron chi connectivity index (χ0n) is 11.8. The van der Waals surface area contributed by atoms with Crippen molar-refractivity contribution in [3.05, 3.63) is 12.2 Å². The maximum Gasteiger partial charge on any atom is 0.167 e. The summed E-state index contributed by atoms with van der Waals surface area (Å²) in [6.07, 6.45) is 5.18. The van der Waals surface area contributed by atoms with E-state index in [0.717, 1.165) is 24.5 Å². The van der Waals surface area contributed by atoms with Crippen LogP contribution in [0.2, 0.25) is 0 Å². The average molecular weight is 251 g/mol. The van der Waals surface area contributed by atoms with E-state index in [2.05, 4.69) is 33.8 Å². The second kappa shape index (κ2) is 7.16. The van der Waals surface area contributed by atoms with Gasteiger partial charge in [-0.05, 0) is 27.2 Å². The maximum atomic E-state index is 5.70. The number of rotatable bonds is 4. The lowest BCUT2D eigenvalue weighted by Crippen LogP contribution is -2.40. The molecule has 4 N–H and O–H groups in total. The number of hydrogen-bond donors (Lipinski definition) is 3. The molecule has 1 rings (SSSR count). The molecule has 5 nitrogen and oxygen atoms in total. The van der Waals surface area contributed by atoms with E-state index in [-0.39, 0.29) is 6.04 Å². The molecule has 0 spiro atoms. The number of nitrogens with zero attached hydrogens (tertiary/aromatic N) is 2. The van der Waals surface area contributed by atoms with Crippen LogP contribution >= 0.6 is 0 Å². The predicted molar refractivity (Wildman–Crippen MR) is 78.0 cm³/mol. The minimum absolute atomic E-state index is 0.116. The molecule has 0 radical (unpaired) electrons. The number of allylic oxidation sites excluding steroid dienone is 1. The Labute approximate surface area is 110 Å². The van der Waals surface area contributed by atoms with Gasteiger partial charge < -0.3 is 16.5 Å². The van der Waals surface area contributed by atoms with Crippen LogP contribution in [0.25, 0.3) is 0 Å². The highest BCUT2D eigenvalue weighted by atomic mass is 15.3. The molecule has 0 aliphatic carbocycles. The third kappa shape index (κ3) is 4.49. The van der Waals surface area contributed by atoms with Crippen LogP contribution in [0.4, 0.5) is 0 Å². The van der Waals surface area contributed by atoms with E-state index in [1.165, 1.54) is 0 Å². The Hall–Kier alpha value is -1.36. The normalized spacial score (nSPS) is 28.7. The first kappa shape index (κ1) is 14.7. The van der Waals surface area contributed by atoms with Gasteiger partial charge in [0.15, 0.2) is 5.84 Å². The molecule has 1 heterocycles. The lowest BCUT2D eigenvalue weighted by Gasteiger charge is -2.20. The van der Waals surface area contributed by atoms with Gasteiger partial charge in [-0.25, -0.2) is 0 Å². The van der Waals surface area contributed by atoms with Gasteiger partial charge in [0.25, 0.3) is 0 Å². The number of hydrazone groups is 1. The summed E-state index contributed by atoms with van der Waals surface area (Å²) in [5.74, 6) is 1.31. The number of nitrogens with one attached hydrogen (secondary N) is 2. The van der Waals surface area contributed by atoms with Crippen molar-refractivity contribution in [3.63, 3.8) is 0 Å². The van der Waals surface area contributed by atoms with Crippen LogP contribution in [0.3, 0.4) is 0 Å². The van der Waals surface area contributed by atoms with Crippen molar-refractivity contribution in [3.8, 4) is 0 Å². The second-order valence-electron chi connectivity index (χ2n) is 4.83. The second-order valence-corrected chi connectivity index (χ2v) is 4.83. The molecule has 0 amide bonds. The molecule has 0 aromatic rings. The van der Waals surface area contributed by atoms with Gasteiger partial charge in [0.1, 0.15) is 0 Å². The molecule has 3 atom stereocenters. The highest BCUT2D eigenvalue weighted by molar-refractivity contribution is 6.40. The van der Waals surface area contributed by atoms with Gasteiger partial charge in [-0.15, -0.1) is 0 Å². The Kier molecular flexibility index (Phi) is 5.85. The molecular formula is C13H25N5. The molecule has 0 fully saturated rings. The summed E-state index contributed by atoms with van der Waals surface area (Å²) >= 11 is 0. The van der Waals surface area contributed by atoms with E-state index in [9.17, 15) is 0 Å². The van der Waals surface area contributed by atoms with E-state index in [0.29, 0.717) is 12.0 Å². The van der Waals surface area contributed by atoms with E-state index in [1.807, 2.05) is 19.9 Å². The monoisotopic (exact) mass is 251 g/mol. The molecule has 0 aromatic carbocycles. The fraction of sp³-hybridized carbons (Fsp3) is 0.692. The van der Waals surface area contributed by atoms with Gasteiger partial charge >= 0.3 is 0 Å². The van der Waals surface area contributed by atoms with E-state index < -0.39 is 0 Å². The number of hydrogen-bond acceptors (Lipinski definition) is 4. The molecule has 1 aliphatic heterocycles. The smallest absolute Gasteiger partial charge is 0.167 e. The third-order valence-corrected chi connectivity index (χ3v) is 3.08. The standard InChI is InChI=1S/C13H25N5/c1-9(14)6-5-7-12-8-16-11(3)13(18-15-4)17-10(12)2/h5-6,9-10,12,15H,7-8,14H2,1-4H3,(H,17,18)/b6-5-/t9-,10+,12-/m1/s1. The van der Waals surface area contributed by atoms with Crippen molar-refractivity contribution in [1.29, 1.82) is 0 Å². The first-order valence-electron chi connectivity index (χ1n) is 6.49. The summed E-state index contributed by atoms with van der Waals surface area (Å²) in [5.41, 5.74) is 9.46. The summed E-state index contributed by atoms with van der Waals surface area (Å²) in [6, 6.07) is 0.460. The quantitative estimate of drug-likeness (QED) is 0.513. The van der Waals surface area contributed by atoms with Crippen molar-refractivity contribution in [1.82, 2.24) is 10.7 Å². The van der Waals surface area contributed by atoms with Crippen LogP contribution in [0.1, 0.15) is 27.2 Å². The molecule has 0 saturated carbocycles.